The topological polar surface area (TPSA) is 175 Å². The Bertz CT molecular complexity index is 1410. The highest BCUT2D eigenvalue weighted by Gasteiger charge is 2.50. The summed E-state index contributed by atoms with van der Waals surface area (Å²) in [7, 11) is 0. The van der Waals surface area contributed by atoms with E-state index in [0.29, 0.717) is 19.3 Å². The number of carbonyl (C=O) groups excluding carboxylic acids is 3. The number of unbranched alkanes of at least 4 members (excludes halogenated alkanes) is 15. The number of hydrogen-bond acceptors (Lipinski definition) is 11. The fourth-order valence-electron chi connectivity index (χ4n) is 6.95. The highest BCUT2D eigenvalue weighted by atomic mass is 16.7. The number of esters is 3. The van der Waals surface area contributed by atoms with Crippen LogP contribution in [0.15, 0.2) is 72.9 Å². The Balaban J connectivity index is 2.81. The summed E-state index contributed by atoms with van der Waals surface area (Å²) in [4.78, 5) is 50.6. The molecule has 1 aliphatic heterocycles. The first-order valence-corrected chi connectivity index (χ1v) is 24.9. The monoisotopic (exact) mass is 915 g/mol. The highest BCUT2D eigenvalue weighted by Crippen LogP contribution is 2.26. The molecule has 6 unspecified atom stereocenters. The van der Waals surface area contributed by atoms with Crippen molar-refractivity contribution < 1.29 is 58.2 Å². The van der Waals surface area contributed by atoms with Gasteiger partial charge in [-0.15, -0.1) is 0 Å². The maximum Gasteiger partial charge on any atom is 0.335 e. The molecule has 0 spiro atoms. The number of carboxylic acid groups (broad SMARTS) is 1. The predicted octanol–water partition coefficient (Wildman–Crippen LogP) is 11.4. The molecule has 65 heavy (non-hydrogen) atoms. The van der Waals surface area contributed by atoms with Crippen LogP contribution in [-0.4, -0.2) is 89.2 Å². The van der Waals surface area contributed by atoms with Crippen molar-refractivity contribution in [3.05, 3.63) is 72.9 Å². The summed E-state index contributed by atoms with van der Waals surface area (Å²) in [5.74, 6) is -3.31. The van der Waals surface area contributed by atoms with Crippen LogP contribution in [0.25, 0.3) is 0 Å². The van der Waals surface area contributed by atoms with Gasteiger partial charge in [0.1, 0.15) is 18.8 Å². The zero-order chi connectivity index (χ0) is 47.6. The molecule has 1 heterocycles. The van der Waals surface area contributed by atoms with Crippen LogP contribution in [0.4, 0.5) is 0 Å². The van der Waals surface area contributed by atoms with Crippen molar-refractivity contribution in [3.63, 3.8) is 0 Å². The minimum Gasteiger partial charge on any atom is -0.479 e. The number of rotatable bonds is 40. The molecule has 12 nitrogen and oxygen atoms in total. The van der Waals surface area contributed by atoms with E-state index in [2.05, 4.69) is 75.5 Å². The molecule has 1 rings (SSSR count). The number of aliphatic hydroxyl groups excluding tert-OH is 2. The average Bonchev–Trinajstić information content (AvgIpc) is 3.29. The summed E-state index contributed by atoms with van der Waals surface area (Å²) in [5, 5.41) is 31.2. The first kappa shape index (κ1) is 59.2. The second kappa shape index (κ2) is 41.6. The smallest absolute Gasteiger partial charge is 0.335 e. The van der Waals surface area contributed by atoms with E-state index in [4.69, 9.17) is 23.7 Å². The van der Waals surface area contributed by atoms with Crippen molar-refractivity contribution in [1.82, 2.24) is 0 Å². The van der Waals surface area contributed by atoms with Gasteiger partial charge in [-0.3, -0.25) is 14.4 Å². The molecule has 0 aliphatic carbocycles. The van der Waals surface area contributed by atoms with E-state index in [1.807, 2.05) is 12.2 Å². The Morgan fingerprint density at radius 2 is 1.03 bits per heavy atom. The molecule has 0 saturated carbocycles. The van der Waals surface area contributed by atoms with Crippen molar-refractivity contribution in [2.45, 2.75) is 225 Å². The minimum absolute atomic E-state index is 0.0172. The normalized spacial score (nSPS) is 19.7. The minimum atomic E-state index is -1.91. The van der Waals surface area contributed by atoms with Crippen molar-refractivity contribution in [2.24, 2.45) is 0 Å². The van der Waals surface area contributed by atoms with Crippen LogP contribution in [0, 0.1) is 0 Å². The molecule has 1 saturated heterocycles. The first-order valence-electron chi connectivity index (χ1n) is 24.9. The van der Waals surface area contributed by atoms with Crippen molar-refractivity contribution >= 4 is 23.9 Å². The fraction of sp³-hybridized carbons (Fsp3) is 0.698. The zero-order valence-corrected chi connectivity index (χ0v) is 40.2. The third-order valence-corrected chi connectivity index (χ3v) is 10.8. The molecule has 0 aromatic heterocycles. The lowest BCUT2D eigenvalue weighted by molar-refractivity contribution is -0.301. The molecule has 0 radical (unpaired) electrons. The average molecular weight is 915 g/mol. The summed E-state index contributed by atoms with van der Waals surface area (Å²) < 4.78 is 28.0. The fourth-order valence-corrected chi connectivity index (χ4v) is 6.95. The van der Waals surface area contributed by atoms with Crippen LogP contribution < -0.4 is 0 Å². The summed E-state index contributed by atoms with van der Waals surface area (Å²) in [6.45, 7) is 5.66. The molecule has 6 atom stereocenters. The molecular weight excluding hydrogens is 829 g/mol. The van der Waals surface area contributed by atoms with Gasteiger partial charge < -0.3 is 39.0 Å². The third kappa shape index (κ3) is 32.5. The molecule has 370 valence electrons. The van der Waals surface area contributed by atoms with Gasteiger partial charge >= 0.3 is 23.9 Å². The van der Waals surface area contributed by atoms with Crippen molar-refractivity contribution in [1.29, 1.82) is 0 Å². The second-order valence-electron chi connectivity index (χ2n) is 16.7. The number of ether oxygens (including phenoxy) is 5. The summed E-state index contributed by atoms with van der Waals surface area (Å²) >= 11 is 0. The van der Waals surface area contributed by atoms with E-state index in [1.165, 1.54) is 38.5 Å². The van der Waals surface area contributed by atoms with E-state index in [1.54, 1.807) is 6.08 Å². The van der Waals surface area contributed by atoms with Gasteiger partial charge in [-0.25, -0.2) is 4.79 Å². The van der Waals surface area contributed by atoms with Gasteiger partial charge in [0.25, 0.3) is 0 Å². The number of allylic oxidation sites excluding steroid dienone is 11. The Hall–Kier alpha value is -3.84. The van der Waals surface area contributed by atoms with Gasteiger partial charge in [-0.1, -0.05) is 177 Å². The Morgan fingerprint density at radius 3 is 1.58 bits per heavy atom. The van der Waals surface area contributed by atoms with Crippen LogP contribution >= 0.6 is 0 Å². The molecule has 0 bridgehead atoms. The van der Waals surface area contributed by atoms with E-state index in [-0.39, 0.29) is 25.9 Å². The van der Waals surface area contributed by atoms with E-state index in [9.17, 15) is 34.5 Å². The number of aliphatic hydroxyl groups is 2. The third-order valence-electron chi connectivity index (χ3n) is 10.8. The van der Waals surface area contributed by atoms with Crippen LogP contribution in [0.5, 0.6) is 0 Å². The molecule has 0 aromatic carbocycles. The standard InChI is InChI=1S/C53H86O12/c1-4-7-10-13-16-19-21-22-23-24-26-28-30-33-36-39-45(54)61-42-44(63-46(55)40-37-34-32-29-25-20-17-14-11-8-5-2)43-62-53-51(49(58)48(57)50(65-53)52(59)60)64-47(56)41-38-35-31-27-18-15-12-9-6-3/h7,10,14,16-17,19,22-23,26,28,33,36,44,48-51,53,57-58H,4-6,8-9,11-13,15,18,20-21,24-25,27,29-32,34-35,37-43H2,1-3H3,(H,59,60)/b10-7-,17-14-,19-16-,23-22-,28-26-,36-33-. The number of carbonyl (C=O) groups is 4. The van der Waals surface area contributed by atoms with Crippen LogP contribution in [0.2, 0.25) is 0 Å². The Morgan fingerprint density at radius 1 is 0.538 bits per heavy atom. The highest BCUT2D eigenvalue weighted by molar-refractivity contribution is 5.74. The van der Waals surface area contributed by atoms with Crippen molar-refractivity contribution in [3.8, 4) is 0 Å². The molecule has 3 N–H and O–H groups in total. The molecule has 0 aromatic rings. The van der Waals surface area contributed by atoms with Crippen LogP contribution in [0.1, 0.15) is 188 Å². The molecular formula is C53H86O12. The van der Waals surface area contributed by atoms with Crippen molar-refractivity contribution in [2.75, 3.05) is 13.2 Å². The quantitative estimate of drug-likeness (QED) is 0.0230. The van der Waals surface area contributed by atoms with Gasteiger partial charge in [-0.2, -0.15) is 0 Å². The van der Waals surface area contributed by atoms with Gasteiger partial charge in [0.2, 0.25) is 0 Å². The Labute approximate surface area is 391 Å². The largest absolute Gasteiger partial charge is 0.479 e. The van der Waals surface area contributed by atoms with Gasteiger partial charge in [0.05, 0.1) is 13.0 Å². The summed E-state index contributed by atoms with van der Waals surface area (Å²) in [6, 6.07) is 0. The second-order valence-corrected chi connectivity index (χ2v) is 16.7. The van der Waals surface area contributed by atoms with Crippen LogP contribution in [0.3, 0.4) is 0 Å². The lowest BCUT2D eigenvalue weighted by Gasteiger charge is -2.40. The van der Waals surface area contributed by atoms with Gasteiger partial charge in [0.15, 0.2) is 24.6 Å². The Kier molecular flexibility index (Phi) is 37.9. The SMILES string of the molecule is CC/C=C\C/C=C\C/C=C\C/C=C\C/C=C\CC(=O)OCC(COC1OC(C(=O)O)C(O)C(O)C1OC(=O)CCCCCCCCCCC)OC(=O)CCCCCCC/C=C\CCCC. The predicted molar refractivity (Wildman–Crippen MR) is 257 cm³/mol. The maximum atomic E-state index is 13.0. The molecule has 1 fully saturated rings. The first-order chi connectivity index (χ1) is 31.6. The summed E-state index contributed by atoms with van der Waals surface area (Å²) in [6.07, 6.45) is 38.0. The molecule has 1 aliphatic rings. The van der Waals surface area contributed by atoms with E-state index < -0.39 is 67.3 Å². The lowest BCUT2D eigenvalue weighted by Crippen LogP contribution is -2.61. The number of hydrogen-bond donors (Lipinski definition) is 3. The van der Waals surface area contributed by atoms with Gasteiger partial charge in [0, 0.05) is 12.8 Å². The zero-order valence-electron chi connectivity index (χ0n) is 40.2. The number of carboxylic acids is 1. The number of aliphatic carboxylic acids is 1. The maximum absolute atomic E-state index is 13.0. The van der Waals surface area contributed by atoms with Gasteiger partial charge in [-0.05, 0) is 64.2 Å². The van der Waals surface area contributed by atoms with E-state index in [0.717, 1.165) is 89.9 Å². The van der Waals surface area contributed by atoms with Crippen LogP contribution in [-0.2, 0) is 42.9 Å². The lowest BCUT2D eigenvalue weighted by atomic mass is 9.98. The summed E-state index contributed by atoms with van der Waals surface area (Å²) in [5.41, 5.74) is 0. The van der Waals surface area contributed by atoms with E-state index >= 15 is 0 Å². The molecule has 12 heteroatoms. The molecule has 0 amide bonds.